The lowest BCUT2D eigenvalue weighted by Crippen LogP contribution is -2.13. The molecule has 0 atom stereocenters. The minimum absolute atomic E-state index is 0.146. The molecule has 3 N–H and O–H groups in total. The summed E-state index contributed by atoms with van der Waals surface area (Å²) in [6, 6.07) is 5.88. The number of nitrogens with one attached hydrogen (secondary N) is 1. The Kier molecular flexibility index (Phi) is 4.26. The van der Waals surface area contributed by atoms with Crippen LogP contribution in [0.1, 0.15) is 16.1 Å². The van der Waals surface area contributed by atoms with E-state index < -0.39 is 11.7 Å². The fraction of sp³-hybridized carbons (Fsp3) is 0.0833. The summed E-state index contributed by atoms with van der Waals surface area (Å²) < 4.78 is 20.1. The van der Waals surface area contributed by atoms with Crippen LogP contribution >= 0.6 is 31.9 Å². The number of hydrogen-bond donors (Lipinski definition) is 2. The van der Waals surface area contributed by atoms with Gasteiger partial charge in [0.05, 0.1) is 16.6 Å². The van der Waals surface area contributed by atoms with Crippen LogP contribution in [0.5, 0.6) is 0 Å². The topological polar surface area (TPSA) is 68.3 Å². The zero-order valence-electron chi connectivity index (χ0n) is 9.54. The third kappa shape index (κ3) is 3.36. The second kappa shape index (κ2) is 5.75. The summed E-state index contributed by atoms with van der Waals surface area (Å²) in [7, 11) is 0. The van der Waals surface area contributed by atoms with E-state index in [1.54, 1.807) is 6.07 Å². The zero-order chi connectivity index (χ0) is 14.0. The van der Waals surface area contributed by atoms with Crippen molar-refractivity contribution in [2.45, 2.75) is 6.54 Å². The van der Waals surface area contributed by atoms with Crippen molar-refractivity contribution in [1.82, 2.24) is 0 Å². The first kappa shape index (κ1) is 14.1. The molecule has 1 heterocycles. The highest BCUT2D eigenvalue weighted by atomic mass is 79.9. The van der Waals surface area contributed by atoms with Gasteiger partial charge in [-0.15, -0.1) is 0 Å². The quantitative estimate of drug-likeness (QED) is 0.835. The summed E-state index contributed by atoms with van der Waals surface area (Å²) in [5, 5.41) is 3.01. The van der Waals surface area contributed by atoms with Gasteiger partial charge >= 0.3 is 0 Å². The molecule has 0 aliphatic heterocycles. The van der Waals surface area contributed by atoms with E-state index in [4.69, 9.17) is 10.2 Å². The number of anilines is 1. The minimum Gasteiger partial charge on any atom is -0.451 e. The van der Waals surface area contributed by atoms with E-state index in [1.807, 2.05) is 0 Å². The lowest BCUT2D eigenvalue weighted by atomic mass is 10.2. The van der Waals surface area contributed by atoms with Crippen LogP contribution in [0.3, 0.4) is 0 Å². The van der Waals surface area contributed by atoms with Crippen molar-refractivity contribution in [3.63, 3.8) is 0 Å². The molecule has 0 aliphatic rings. The number of primary amides is 1. The predicted molar refractivity (Wildman–Crippen MR) is 76.4 cm³/mol. The Hall–Kier alpha value is -1.34. The molecule has 0 spiro atoms. The Morgan fingerprint density at radius 2 is 2.11 bits per heavy atom. The third-order valence-electron chi connectivity index (χ3n) is 2.39. The largest absolute Gasteiger partial charge is 0.451 e. The molecule has 4 nitrogen and oxygen atoms in total. The lowest BCUT2D eigenvalue weighted by Gasteiger charge is -2.06. The first-order chi connectivity index (χ1) is 8.97. The molecule has 0 radical (unpaired) electrons. The number of hydrogen-bond acceptors (Lipinski definition) is 3. The maximum Gasteiger partial charge on any atom is 0.251 e. The van der Waals surface area contributed by atoms with Gasteiger partial charge in [0.15, 0.2) is 4.67 Å². The van der Waals surface area contributed by atoms with Gasteiger partial charge in [0, 0.05) is 5.69 Å². The van der Waals surface area contributed by atoms with Crippen molar-refractivity contribution in [2.75, 3.05) is 5.32 Å². The number of carbonyl (C=O) groups excluding carboxylic acids is 1. The van der Waals surface area contributed by atoms with Crippen LogP contribution < -0.4 is 11.1 Å². The molecule has 1 aromatic carbocycles. The molecule has 100 valence electrons. The summed E-state index contributed by atoms with van der Waals surface area (Å²) in [4.78, 5) is 11.0. The van der Waals surface area contributed by atoms with Crippen molar-refractivity contribution in [3.05, 3.63) is 50.5 Å². The highest BCUT2D eigenvalue weighted by Crippen LogP contribution is 2.27. The van der Waals surface area contributed by atoms with Crippen molar-refractivity contribution in [1.29, 1.82) is 0 Å². The number of rotatable bonds is 4. The number of benzene rings is 1. The summed E-state index contributed by atoms with van der Waals surface area (Å²) in [6.45, 7) is 0.397. The Labute approximate surface area is 125 Å². The number of nitrogens with two attached hydrogens (primary N) is 1. The van der Waals surface area contributed by atoms with Crippen LogP contribution in [0, 0.1) is 5.82 Å². The van der Waals surface area contributed by atoms with Crippen molar-refractivity contribution >= 4 is 43.5 Å². The summed E-state index contributed by atoms with van der Waals surface area (Å²) in [6.07, 6.45) is 0. The minimum atomic E-state index is -0.801. The van der Waals surface area contributed by atoms with E-state index in [2.05, 4.69) is 37.2 Å². The monoisotopic (exact) mass is 390 g/mol. The fourth-order valence-electron chi connectivity index (χ4n) is 1.49. The van der Waals surface area contributed by atoms with Crippen LogP contribution in [-0.4, -0.2) is 5.91 Å². The molecule has 2 aromatic rings. The van der Waals surface area contributed by atoms with Crippen molar-refractivity contribution in [2.24, 2.45) is 5.73 Å². The molecule has 0 unspecified atom stereocenters. The van der Waals surface area contributed by atoms with Crippen LogP contribution in [-0.2, 0) is 6.54 Å². The first-order valence-electron chi connectivity index (χ1n) is 5.24. The number of amides is 1. The van der Waals surface area contributed by atoms with Crippen molar-refractivity contribution in [3.8, 4) is 0 Å². The molecule has 7 heteroatoms. The van der Waals surface area contributed by atoms with E-state index in [0.717, 1.165) is 4.47 Å². The van der Waals surface area contributed by atoms with Crippen LogP contribution in [0.15, 0.2) is 37.8 Å². The third-order valence-corrected chi connectivity index (χ3v) is 4.10. The Morgan fingerprint density at radius 3 is 2.68 bits per heavy atom. The average molecular weight is 392 g/mol. The molecule has 1 aromatic heterocycles. The first-order valence-corrected chi connectivity index (χ1v) is 6.83. The molecule has 0 fully saturated rings. The van der Waals surface area contributed by atoms with Gasteiger partial charge in [-0.2, -0.15) is 0 Å². The molecule has 1 amide bonds. The lowest BCUT2D eigenvalue weighted by molar-refractivity contribution is 0.0996. The van der Waals surface area contributed by atoms with Gasteiger partial charge in [0.1, 0.15) is 11.6 Å². The summed E-state index contributed by atoms with van der Waals surface area (Å²) >= 11 is 6.53. The Morgan fingerprint density at radius 1 is 1.37 bits per heavy atom. The van der Waals surface area contributed by atoms with E-state index in [0.29, 0.717) is 22.7 Å². The molecule has 2 rings (SSSR count). The van der Waals surface area contributed by atoms with Crippen molar-refractivity contribution < 1.29 is 13.6 Å². The molecular weight excluding hydrogens is 383 g/mol. The molecule has 0 saturated heterocycles. The van der Waals surface area contributed by atoms with E-state index in [1.165, 1.54) is 18.2 Å². The van der Waals surface area contributed by atoms with E-state index >= 15 is 0 Å². The van der Waals surface area contributed by atoms with Gasteiger partial charge in [-0.3, -0.25) is 4.79 Å². The highest BCUT2D eigenvalue weighted by molar-refractivity contribution is 9.13. The molecule has 0 bridgehead atoms. The molecule has 0 saturated carbocycles. The van der Waals surface area contributed by atoms with Gasteiger partial charge in [0.25, 0.3) is 5.91 Å². The maximum absolute atomic E-state index is 13.3. The summed E-state index contributed by atoms with van der Waals surface area (Å²) in [5.41, 5.74) is 5.51. The highest BCUT2D eigenvalue weighted by Gasteiger charge is 2.10. The van der Waals surface area contributed by atoms with Crippen LogP contribution in [0.4, 0.5) is 10.1 Å². The van der Waals surface area contributed by atoms with Gasteiger partial charge in [-0.1, -0.05) is 0 Å². The smallest absolute Gasteiger partial charge is 0.251 e. The number of carbonyl (C=O) groups is 1. The van der Waals surface area contributed by atoms with Crippen LogP contribution in [0.2, 0.25) is 0 Å². The maximum atomic E-state index is 13.3. The van der Waals surface area contributed by atoms with Gasteiger partial charge < -0.3 is 15.5 Å². The predicted octanol–water partition coefficient (Wildman–Crippen LogP) is 3.65. The number of furan rings is 1. The molecule has 19 heavy (non-hydrogen) atoms. The molecule has 0 aliphatic carbocycles. The number of halogens is 3. The van der Waals surface area contributed by atoms with Crippen LogP contribution in [0.25, 0.3) is 0 Å². The Balaban J connectivity index is 2.11. The van der Waals surface area contributed by atoms with E-state index in [9.17, 15) is 9.18 Å². The van der Waals surface area contributed by atoms with Gasteiger partial charge in [-0.05, 0) is 56.1 Å². The normalized spacial score (nSPS) is 10.5. The second-order valence-corrected chi connectivity index (χ2v) is 5.32. The zero-order valence-corrected chi connectivity index (χ0v) is 12.7. The standard InChI is InChI=1S/C12H9Br2FN2O2/c13-9-4-7(19-11(9)14)5-17-6-1-2-10(15)8(3-6)12(16)18/h1-4,17H,5H2,(H2,16,18). The van der Waals surface area contributed by atoms with Gasteiger partial charge in [0.2, 0.25) is 0 Å². The average Bonchev–Trinajstić information content (AvgIpc) is 2.67. The SMILES string of the molecule is NC(=O)c1cc(NCc2cc(Br)c(Br)o2)ccc1F. The van der Waals surface area contributed by atoms with E-state index in [-0.39, 0.29) is 5.56 Å². The second-order valence-electron chi connectivity index (χ2n) is 3.75. The molecular formula is C12H9Br2FN2O2. The fourth-order valence-corrected chi connectivity index (χ4v) is 2.15. The van der Waals surface area contributed by atoms with Gasteiger partial charge in [-0.25, -0.2) is 4.39 Å². The Bertz CT molecular complexity index is 609. The summed E-state index contributed by atoms with van der Waals surface area (Å²) in [5.74, 6) is -0.755.